The number of carbonyl (C=O) groups is 2. The zero-order chi connectivity index (χ0) is 19.4. The molecule has 0 radical (unpaired) electrons. The Hall–Kier alpha value is -1.98. The van der Waals surface area contributed by atoms with Crippen LogP contribution in [0.15, 0.2) is 53.4 Å². The molecule has 142 valence electrons. The van der Waals surface area contributed by atoms with Crippen molar-refractivity contribution in [1.82, 2.24) is 5.32 Å². The van der Waals surface area contributed by atoms with Gasteiger partial charge < -0.3 is 10.1 Å². The molecule has 3 rings (SSSR count). The summed E-state index contributed by atoms with van der Waals surface area (Å²) < 4.78 is 4.80. The van der Waals surface area contributed by atoms with E-state index >= 15 is 0 Å². The van der Waals surface area contributed by atoms with E-state index in [0.717, 1.165) is 22.4 Å². The smallest absolute Gasteiger partial charge is 0.307 e. The lowest BCUT2D eigenvalue weighted by Crippen LogP contribution is -2.32. The van der Waals surface area contributed by atoms with Gasteiger partial charge in [0.05, 0.1) is 19.6 Å². The largest absolute Gasteiger partial charge is 0.469 e. The maximum Gasteiger partial charge on any atom is 0.307 e. The summed E-state index contributed by atoms with van der Waals surface area (Å²) in [5.74, 6) is -0.297. The minimum Gasteiger partial charge on any atom is -0.469 e. The highest BCUT2D eigenvalue weighted by Crippen LogP contribution is 2.48. The number of hydrogen-bond donors (Lipinski definition) is 1. The van der Waals surface area contributed by atoms with Crippen molar-refractivity contribution < 1.29 is 14.3 Å². The summed E-state index contributed by atoms with van der Waals surface area (Å²) >= 11 is 7.70. The maximum atomic E-state index is 12.8. The van der Waals surface area contributed by atoms with Gasteiger partial charge in [-0.3, -0.25) is 9.59 Å². The number of thioether (sulfide) groups is 1. The van der Waals surface area contributed by atoms with Gasteiger partial charge >= 0.3 is 5.97 Å². The average molecular weight is 404 g/mol. The number of halogens is 1. The predicted molar refractivity (Wildman–Crippen MR) is 108 cm³/mol. The van der Waals surface area contributed by atoms with Gasteiger partial charge in [-0.05, 0) is 54.0 Å². The van der Waals surface area contributed by atoms with Crippen LogP contribution in [-0.2, 0) is 14.3 Å². The van der Waals surface area contributed by atoms with Crippen LogP contribution in [0.5, 0.6) is 0 Å². The van der Waals surface area contributed by atoms with E-state index in [4.69, 9.17) is 16.3 Å². The Morgan fingerprint density at radius 3 is 2.63 bits per heavy atom. The van der Waals surface area contributed by atoms with Crippen molar-refractivity contribution in [3.63, 3.8) is 0 Å². The van der Waals surface area contributed by atoms with E-state index in [-0.39, 0.29) is 30.1 Å². The highest BCUT2D eigenvalue weighted by atomic mass is 35.5. The zero-order valence-corrected chi connectivity index (χ0v) is 16.8. The van der Waals surface area contributed by atoms with Gasteiger partial charge in [0.25, 0.3) is 0 Å². The zero-order valence-electron chi connectivity index (χ0n) is 15.3. The molecule has 6 heteroatoms. The molecule has 1 amide bonds. The number of nitrogens with one attached hydrogen (secondary N) is 1. The van der Waals surface area contributed by atoms with Crippen molar-refractivity contribution in [3.8, 4) is 0 Å². The summed E-state index contributed by atoms with van der Waals surface area (Å²) in [6, 6.07) is 15.1. The molecule has 1 aliphatic rings. The molecule has 1 fully saturated rings. The monoisotopic (exact) mass is 403 g/mol. The molecule has 27 heavy (non-hydrogen) atoms. The fourth-order valence-electron chi connectivity index (χ4n) is 3.21. The first-order valence-corrected chi connectivity index (χ1v) is 10.4. The van der Waals surface area contributed by atoms with Gasteiger partial charge in [0.2, 0.25) is 5.91 Å². The fraction of sp³-hybridized carbons (Fsp3) is 0.333. The SMILES string of the molecule is COC(=O)CC(NC(=O)C1CC1c1cccc(Cl)c1)c1ccc(SC)cc1. The Balaban J connectivity index is 1.70. The van der Waals surface area contributed by atoms with Gasteiger partial charge in [-0.25, -0.2) is 0 Å². The van der Waals surface area contributed by atoms with Crippen molar-refractivity contribution in [3.05, 3.63) is 64.7 Å². The quantitative estimate of drug-likeness (QED) is 0.542. The van der Waals surface area contributed by atoms with Gasteiger partial charge in [0.15, 0.2) is 0 Å². The second kappa shape index (κ2) is 8.81. The van der Waals surface area contributed by atoms with E-state index in [2.05, 4.69) is 5.32 Å². The van der Waals surface area contributed by atoms with E-state index in [1.807, 2.05) is 54.8 Å². The van der Waals surface area contributed by atoms with E-state index in [1.165, 1.54) is 7.11 Å². The summed E-state index contributed by atoms with van der Waals surface area (Å²) in [5, 5.41) is 3.71. The van der Waals surface area contributed by atoms with Crippen LogP contribution >= 0.6 is 23.4 Å². The topological polar surface area (TPSA) is 55.4 Å². The second-order valence-corrected chi connectivity index (χ2v) is 7.93. The number of esters is 1. The molecular weight excluding hydrogens is 382 g/mol. The number of methoxy groups -OCH3 is 1. The maximum absolute atomic E-state index is 12.8. The summed E-state index contributed by atoms with van der Waals surface area (Å²) in [6.07, 6.45) is 2.91. The Morgan fingerprint density at radius 2 is 2.00 bits per heavy atom. The second-order valence-electron chi connectivity index (χ2n) is 6.62. The number of ether oxygens (including phenoxy) is 1. The molecule has 3 unspecified atom stereocenters. The molecule has 0 saturated heterocycles. The Labute approximate surface area is 168 Å². The van der Waals surface area contributed by atoms with Gasteiger partial charge in [0, 0.05) is 15.8 Å². The van der Waals surface area contributed by atoms with E-state index < -0.39 is 6.04 Å². The lowest BCUT2D eigenvalue weighted by molar-refractivity contribution is -0.141. The van der Waals surface area contributed by atoms with Crippen LogP contribution in [0.1, 0.15) is 35.9 Å². The lowest BCUT2D eigenvalue weighted by atomic mass is 10.0. The summed E-state index contributed by atoms with van der Waals surface area (Å²) in [4.78, 5) is 25.7. The lowest BCUT2D eigenvalue weighted by Gasteiger charge is -2.19. The molecule has 0 heterocycles. The molecule has 1 N–H and O–H groups in total. The number of carbonyl (C=O) groups excluding carboxylic acids is 2. The van der Waals surface area contributed by atoms with Crippen LogP contribution < -0.4 is 5.32 Å². The molecule has 0 aromatic heterocycles. The van der Waals surface area contributed by atoms with E-state index in [0.29, 0.717) is 5.02 Å². The van der Waals surface area contributed by atoms with Gasteiger partial charge in [0.1, 0.15) is 0 Å². The highest BCUT2D eigenvalue weighted by molar-refractivity contribution is 7.98. The van der Waals surface area contributed by atoms with Crippen molar-refractivity contribution in [1.29, 1.82) is 0 Å². The van der Waals surface area contributed by atoms with Crippen LogP contribution in [-0.4, -0.2) is 25.2 Å². The van der Waals surface area contributed by atoms with Crippen LogP contribution in [0.25, 0.3) is 0 Å². The minimum absolute atomic E-state index is 0.0391. The Kier molecular flexibility index (Phi) is 6.45. The summed E-state index contributed by atoms with van der Waals surface area (Å²) in [5.41, 5.74) is 1.97. The summed E-state index contributed by atoms with van der Waals surface area (Å²) in [7, 11) is 1.36. The van der Waals surface area contributed by atoms with Crippen LogP contribution in [0.3, 0.4) is 0 Å². The molecule has 0 spiro atoms. The van der Waals surface area contributed by atoms with Gasteiger partial charge in [-0.1, -0.05) is 35.9 Å². The third kappa shape index (κ3) is 5.05. The molecule has 2 aromatic carbocycles. The molecule has 0 aliphatic heterocycles. The molecular formula is C21H22ClNO3S. The third-order valence-corrected chi connectivity index (χ3v) is 5.82. The third-order valence-electron chi connectivity index (χ3n) is 4.84. The van der Waals surface area contributed by atoms with Crippen LogP contribution in [0, 0.1) is 5.92 Å². The predicted octanol–water partition coefficient (Wildman–Crippen LogP) is 4.59. The van der Waals surface area contributed by atoms with Crippen LogP contribution in [0.4, 0.5) is 0 Å². The van der Waals surface area contributed by atoms with Gasteiger partial charge in [-0.15, -0.1) is 11.8 Å². The van der Waals surface area contributed by atoms with Crippen molar-refractivity contribution in [2.24, 2.45) is 5.92 Å². The van der Waals surface area contributed by atoms with Crippen molar-refractivity contribution in [2.75, 3.05) is 13.4 Å². The highest BCUT2D eigenvalue weighted by Gasteiger charge is 2.44. The molecule has 1 aliphatic carbocycles. The molecule has 2 aromatic rings. The molecule has 0 bridgehead atoms. The minimum atomic E-state index is -0.401. The van der Waals surface area contributed by atoms with E-state index in [1.54, 1.807) is 11.8 Å². The Bertz CT molecular complexity index is 824. The number of rotatable bonds is 7. The first-order valence-electron chi connectivity index (χ1n) is 8.78. The standard InChI is InChI=1S/C21H22ClNO3S/c1-26-20(24)12-19(13-6-8-16(27-2)9-7-13)23-21(25)18-11-17(18)14-4-3-5-15(22)10-14/h3-10,17-19H,11-12H2,1-2H3,(H,23,25). The molecule has 1 saturated carbocycles. The average Bonchev–Trinajstić information content (AvgIpc) is 3.48. The van der Waals surface area contributed by atoms with Gasteiger partial charge in [-0.2, -0.15) is 0 Å². The molecule has 4 nitrogen and oxygen atoms in total. The Morgan fingerprint density at radius 1 is 1.26 bits per heavy atom. The number of benzene rings is 2. The first kappa shape index (κ1) is 19.8. The number of amides is 1. The number of hydrogen-bond acceptors (Lipinski definition) is 4. The summed E-state index contributed by atoms with van der Waals surface area (Å²) in [6.45, 7) is 0. The van der Waals surface area contributed by atoms with E-state index in [9.17, 15) is 9.59 Å². The normalized spacial score (nSPS) is 19.2. The van der Waals surface area contributed by atoms with Crippen molar-refractivity contribution >= 4 is 35.2 Å². The molecule has 3 atom stereocenters. The fourth-order valence-corrected chi connectivity index (χ4v) is 3.81. The van der Waals surface area contributed by atoms with Crippen LogP contribution in [0.2, 0.25) is 5.02 Å². The van der Waals surface area contributed by atoms with Crippen molar-refractivity contribution in [2.45, 2.75) is 29.7 Å². The first-order chi connectivity index (χ1) is 13.0.